The van der Waals surface area contributed by atoms with Crippen LogP contribution in [0.4, 0.5) is 4.79 Å². The van der Waals surface area contributed by atoms with Crippen molar-refractivity contribution in [1.82, 2.24) is 10.2 Å². The average Bonchev–Trinajstić information content (AvgIpc) is 2.81. The molecule has 2 unspecified atom stereocenters. The Morgan fingerprint density at radius 1 is 1.36 bits per heavy atom. The summed E-state index contributed by atoms with van der Waals surface area (Å²) >= 11 is 8.09. The third-order valence-corrected chi connectivity index (χ3v) is 5.45. The van der Waals surface area contributed by atoms with Crippen LogP contribution in [0.15, 0.2) is 29.3 Å². The van der Waals surface area contributed by atoms with Gasteiger partial charge in [0.1, 0.15) is 6.04 Å². The van der Waals surface area contributed by atoms with Crippen LogP contribution < -0.4 is 5.32 Å². The van der Waals surface area contributed by atoms with Crippen LogP contribution in [0.25, 0.3) is 0 Å². The van der Waals surface area contributed by atoms with Crippen LogP contribution in [0.1, 0.15) is 17.2 Å². The Bertz CT molecular complexity index is 623. The molecule has 1 aromatic rings. The highest BCUT2D eigenvalue weighted by atomic mass is 35.5. The number of carbonyl (C=O) groups excluding carboxylic acids is 2. The zero-order valence-corrected chi connectivity index (χ0v) is 13.4. The smallest absolute Gasteiger partial charge is 0.340 e. The van der Waals surface area contributed by atoms with Gasteiger partial charge in [0.2, 0.25) is 0 Å². The van der Waals surface area contributed by atoms with Crippen molar-refractivity contribution in [2.75, 3.05) is 18.8 Å². The lowest BCUT2D eigenvalue weighted by Crippen LogP contribution is -2.46. The fourth-order valence-electron chi connectivity index (χ4n) is 2.65. The number of urea groups is 1. The molecule has 2 aliphatic heterocycles. The van der Waals surface area contributed by atoms with Crippen molar-refractivity contribution in [3.05, 3.63) is 34.9 Å². The van der Waals surface area contributed by atoms with E-state index < -0.39 is 12.1 Å². The van der Waals surface area contributed by atoms with Gasteiger partial charge in [0.15, 0.2) is 0 Å². The van der Waals surface area contributed by atoms with E-state index in [1.807, 2.05) is 36.0 Å². The number of aliphatic imine (C=N–C) groups is 1. The highest BCUT2D eigenvalue weighted by Crippen LogP contribution is 2.37. The molecule has 116 valence electrons. The number of carbonyl (C=O) groups is 2. The molecule has 5 nitrogen and oxygen atoms in total. The second-order valence-corrected chi connectivity index (χ2v) is 6.92. The number of nitrogens with zero attached hydrogens (tertiary/aromatic N) is 2. The molecule has 2 atom stereocenters. The van der Waals surface area contributed by atoms with Gasteiger partial charge in [-0.3, -0.25) is 4.79 Å². The van der Waals surface area contributed by atoms with Crippen LogP contribution in [0.3, 0.4) is 0 Å². The summed E-state index contributed by atoms with van der Waals surface area (Å²) in [7, 11) is 0. The standard InChI is InChI=1S/C15H16ClN3O2S/c16-11-4-2-1-3-10(11)13-5-6-19(7-8-22-13)14(20)12-9-17-15(21)18-12/h1-4,9,12-13H,5-8H2,(H,18,21). The molecule has 1 aromatic carbocycles. The summed E-state index contributed by atoms with van der Waals surface area (Å²) in [5.41, 5.74) is 1.12. The van der Waals surface area contributed by atoms with Gasteiger partial charge in [0, 0.05) is 35.3 Å². The molecular weight excluding hydrogens is 322 g/mol. The third kappa shape index (κ3) is 3.28. The topological polar surface area (TPSA) is 61.8 Å². The van der Waals surface area contributed by atoms with E-state index in [0.717, 1.165) is 22.8 Å². The Morgan fingerprint density at radius 2 is 2.18 bits per heavy atom. The van der Waals surface area contributed by atoms with E-state index in [2.05, 4.69) is 10.3 Å². The molecule has 0 saturated carbocycles. The zero-order valence-electron chi connectivity index (χ0n) is 11.9. The summed E-state index contributed by atoms with van der Waals surface area (Å²) in [4.78, 5) is 28.9. The lowest BCUT2D eigenvalue weighted by atomic mass is 10.1. The second kappa shape index (κ2) is 6.71. The van der Waals surface area contributed by atoms with E-state index in [0.29, 0.717) is 18.3 Å². The van der Waals surface area contributed by atoms with Crippen molar-refractivity contribution >= 4 is 41.5 Å². The fourth-order valence-corrected chi connectivity index (χ4v) is 4.25. The summed E-state index contributed by atoms with van der Waals surface area (Å²) in [6.07, 6.45) is 2.23. The molecule has 3 rings (SSSR count). The Hall–Kier alpha value is -1.53. The Morgan fingerprint density at radius 3 is 2.91 bits per heavy atom. The molecule has 7 heteroatoms. The number of benzene rings is 1. The van der Waals surface area contributed by atoms with Crippen molar-refractivity contribution in [2.24, 2.45) is 4.99 Å². The van der Waals surface area contributed by atoms with Crippen molar-refractivity contribution in [3.63, 3.8) is 0 Å². The summed E-state index contributed by atoms with van der Waals surface area (Å²) < 4.78 is 0. The molecule has 2 aliphatic rings. The summed E-state index contributed by atoms with van der Waals surface area (Å²) in [5.74, 6) is 0.759. The van der Waals surface area contributed by atoms with Crippen LogP contribution in [-0.4, -0.2) is 47.9 Å². The van der Waals surface area contributed by atoms with Crippen LogP contribution in [0.2, 0.25) is 5.02 Å². The maximum absolute atomic E-state index is 12.4. The monoisotopic (exact) mass is 337 g/mol. The zero-order chi connectivity index (χ0) is 15.5. The first-order chi connectivity index (χ1) is 10.6. The number of hydrogen-bond donors (Lipinski definition) is 1. The molecular formula is C15H16ClN3O2S. The van der Waals surface area contributed by atoms with Crippen molar-refractivity contribution in [3.8, 4) is 0 Å². The van der Waals surface area contributed by atoms with Crippen LogP contribution in [0.5, 0.6) is 0 Å². The van der Waals surface area contributed by atoms with Crippen LogP contribution in [0, 0.1) is 0 Å². The highest BCUT2D eigenvalue weighted by molar-refractivity contribution is 7.99. The number of amides is 3. The molecule has 2 heterocycles. The molecule has 1 N–H and O–H groups in total. The Kier molecular flexibility index (Phi) is 4.69. The number of hydrogen-bond acceptors (Lipinski definition) is 3. The summed E-state index contributed by atoms with van der Waals surface area (Å²) in [5, 5.41) is 3.61. The van der Waals surface area contributed by atoms with E-state index >= 15 is 0 Å². The van der Waals surface area contributed by atoms with Gasteiger partial charge < -0.3 is 10.2 Å². The SMILES string of the molecule is O=C1N=CC(C(=O)N2CCSC(c3ccccc3Cl)CC2)N1. The first kappa shape index (κ1) is 15.4. The second-order valence-electron chi connectivity index (χ2n) is 5.20. The summed E-state index contributed by atoms with van der Waals surface area (Å²) in [6, 6.07) is 6.79. The molecule has 3 amide bonds. The first-order valence-corrected chi connectivity index (χ1v) is 8.57. The van der Waals surface area contributed by atoms with E-state index in [1.165, 1.54) is 6.21 Å². The van der Waals surface area contributed by atoms with Crippen LogP contribution >= 0.6 is 23.4 Å². The molecule has 0 aromatic heterocycles. The normalized spacial score (nSPS) is 25.0. The number of rotatable bonds is 2. The van der Waals surface area contributed by atoms with Crippen LogP contribution in [-0.2, 0) is 4.79 Å². The van der Waals surface area contributed by atoms with Gasteiger partial charge in [-0.2, -0.15) is 11.8 Å². The van der Waals surface area contributed by atoms with Gasteiger partial charge in [0.05, 0.1) is 0 Å². The number of nitrogens with one attached hydrogen (secondary N) is 1. The third-order valence-electron chi connectivity index (χ3n) is 3.79. The van der Waals surface area contributed by atoms with Crippen molar-refractivity contribution < 1.29 is 9.59 Å². The minimum absolute atomic E-state index is 0.0880. The predicted molar refractivity (Wildman–Crippen MR) is 88.7 cm³/mol. The average molecular weight is 338 g/mol. The lowest BCUT2D eigenvalue weighted by molar-refractivity contribution is -0.131. The lowest BCUT2D eigenvalue weighted by Gasteiger charge is -2.22. The molecule has 1 saturated heterocycles. The van der Waals surface area contributed by atoms with Gasteiger partial charge in [-0.05, 0) is 18.1 Å². The highest BCUT2D eigenvalue weighted by Gasteiger charge is 2.30. The molecule has 0 radical (unpaired) electrons. The van der Waals surface area contributed by atoms with Gasteiger partial charge >= 0.3 is 6.03 Å². The van der Waals surface area contributed by atoms with Crippen molar-refractivity contribution in [1.29, 1.82) is 0 Å². The Labute approximate surface area is 138 Å². The number of halogens is 1. The van der Waals surface area contributed by atoms with E-state index in [-0.39, 0.29) is 5.91 Å². The van der Waals surface area contributed by atoms with Gasteiger partial charge in [0.25, 0.3) is 5.91 Å². The van der Waals surface area contributed by atoms with Gasteiger partial charge in [-0.25, -0.2) is 9.79 Å². The van der Waals surface area contributed by atoms with Gasteiger partial charge in [-0.1, -0.05) is 29.8 Å². The van der Waals surface area contributed by atoms with E-state index in [1.54, 1.807) is 4.90 Å². The minimum atomic E-state index is -0.616. The predicted octanol–water partition coefficient (Wildman–Crippen LogP) is 2.51. The first-order valence-electron chi connectivity index (χ1n) is 7.14. The minimum Gasteiger partial charge on any atom is -0.340 e. The van der Waals surface area contributed by atoms with E-state index in [9.17, 15) is 9.59 Å². The molecule has 22 heavy (non-hydrogen) atoms. The Balaban J connectivity index is 1.65. The molecule has 0 spiro atoms. The molecule has 1 fully saturated rings. The maximum atomic E-state index is 12.4. The molecule has 0 aliphatic carbocycles. The fraction of sp³-hybridized carbons (Fsp3) is 0.400. The summed E-state index contributed by atoms with van der Waals surface area (Å²) in [6.45, 7) is 1.33. The van der Waals surface area contributed by atoms with Gasteiger partial charge in [-0.15, -0.1) is 0 Å². The quantitative estimate of drug-likeness (QED) is 0.902. The maximum Gasteiger partial charge on any atom is 0.341 e. The number of thioether (sulfide) groups is 1. The molecule has 0 bridgehead atoms. The largest absolute Gasteiger partial charge is 0.341 e. The van der Waals surface area contributed by atoms with E-state index in [4.69, 9.17) is 11.6 Å². The van der Waals surface area contributed by atoms with Crippen molar-refractivity contribution in [2.45, 2.75) is 17.7 Å².